The van der Waals surface area contributed by atoms with E-state index < -0.39 is 63.4 Å². The lowest BCUT2D eigenvalue weighted by Crippen LogP contribution is -2.59. The highest BCUT2D eigenvalue weighted by Gasteiger charge is 2.41. The molecule has 0 radical (unpaired) electrons. The van der Waals surface area contributed by atoms with Gasteiger partial charge in [0.15, 0.2) is 0 Å². The molecule has 18 nitrogen and oxygen atoms in total. The molecule has 24 heteroatoms. The molecule has 2 atom stereocenters. The van der Waals surface area contributed by atoms with E-state index >= 15 is 0 Å². The van der Waals surface area contributed by atoms with Crippen molar-refractivity contribution in [3.63, 3.8) is 0 Å². The highest BCUT2D eigenvalue weighted by atomic mass is 32.3. The smallest absolute Gasteiger partial charge is 0.252 e. The number of piperazine rings is 2. The number of benzene rings is 2. The zero-order valence-corrected chi connectivity index (χ0v) is 48.8. The van der Waals surface area contributed by atoms with Crippen molar-refractivity contribution in [3.05, 3.63) is 144 Å². The van der Waals surface area contributed by atoms with Gasteiger partial charge in [0, 0.05) is 101 Å². The molecule has 6 aromatic rings. The maximum Gasteiger partial charge on any atom is 0.252 e. The Kier molecular flexibility index (Phi) is 18.4. The van der Waals surface area contributed by atoms with Crippen LogP contribution in [0.25, 0.3) is 0 Å². The summed E-state index contributed by atoms with van der Waals surface area (Å²) in [5.41, 5.74) is 1.16. The highest BCUT2D eigenvalue weighted by molar-refractivity contribution is 7.91. The van der Waals surface area contributed by atoms with Crippen LogP contribution in [0.1, 0.15) is 66.5 Å². The van der Waals surface area contributed by atoms with E-state index in [0.29, 0.717) is 13.1 Å². The minimum Gasteiger partial charge on any atom is -0.386 e. The Morgan fingerprint density at radius 2 is 0.895 bits per heavy atom. The number of rotatable bonds is 18. The van der Waals surface area contributed by atoms with Crippen LogP contribution in [0.3, 0.4) is 0 Å². The van der Waals surface area contributed by atoms with Gasteiger partial charge in [0.2, 0.25) is 20.0 Å². The van der Waals surface area contributed by atoms with E-state index in [1.54, 1.807) is 103 Å². The second-order valence-electron chi connectivity index (χ2n) is 20.2. The predicted molar refractivity (Wildman–Crippen MR) is 298 cm³/mol. The number of sulfonamides is 4. The molecule has 2 aromatic carbocycles. The van der Waals surface area contributed by atoms with Crippen LogP contribution in [0.2, 0.25) is 0 Å². The first kappa shape index (κ1) is 59.0. The zero-order valence-electron chi connectivity index (χ0n) is 43.9. The largest absolute Gasteiger partial charge is 0.386 e. The van der Waals surface area contributed by atoms with Crippen molar-refractivity contribution in [1.82, 2.24) is 27.2 Å². The summed E-state index contributed by atoms with van der Waals surface area (Å²) < 4.78 is 114. The van der Waals surface area contributed by atoms with Crippen molar-refractivity contribution in [2.24, 2.45) is 0 Å². The average Bonchev–Trinajstić information content (AvgIpc) is 4.16. The second kappa shape index (κ2) is 23.7. The summed E-state index contributed by atoms with van der Waals surface area (Å²) in [4.78, 5) is 12.3. The third-order valence-electron chi connectivity index (χ3n) is 13.3. The van der Waals surface area contributed by atoms with E-state index in [0.717, 1.165) is 22.5 Å². The van der Waals surface area contributed by atoms with Crippen LogP contribution in [0.4, 0.5) is 11.4 Å². The Bertz CT molecular complexity index is 3060. The van der Waals surface area contributed by atoms with E-state index in [2.05, 4.69) is 19.8 Å². The molecule has 0 amide bonds. The van der Waals surface area contributed by atoms with Crippen molar-refractivity contribution >= 4 is 74.1 Å². The minimum atomic E-state index is -3.88. The van der Waals surface area contributed by atoms with Crippen molar-refractivity contribution < 1.29 is 43.9 Å². The van der Waals surface area contributed by atoms with E-state index in [1.807, 2.05) is 48.5 Å². The fourth-order valence-electron chi connectivity index (χ4n) is 9.14. The zero-order chi connectivity index (χ0) is 55.4. The summed E-state index contributed by atoms with van der Waals surface area (Å²) >= 11 is 2.33. The lowest BCUT2D eigenvalue weighted by molar-refractivity contribution is 0.0780. The summed E-state index contributed by atoms with van der Waals surface area (Å²) in [5.74, 6) is 0. The van der Waals surface area contributed by atoms with Gasteiger partial charge >= 0.3 is 0 Å². The summed E-state index contributed by atoms with van der Waals surface area (Å²) in [6.07, 6.45) is 5.69. The molecular formula is C52H68N8O10S6. The molecule has 4 aromatic heterocycles. The van der Waals surface area contributed by atoms with E-state index in [4.69, 9.17) is 0 Å². The monoisotopic (exact) mass is 1160 g/mol. The van der Waals surface area contributed by atoms with Gasteiger partial charge in [0.1, 0.15) is 18.2 Å². The standard InChI is InChI=1S/2C26H34N4O5S3/c2*1-20(2)30(37(32,33)24-7-5-13-27-17-24)19-23-18-28(38(34,35)25-8-6-16-36-25)14-15-29(23)22-11-9-21(10-12-22)26(3,4)31/h2*5-13,16-17,20,23,31H,14-15,18-19H2,1-4H3/t2*23-/m11/s1. The molecule has 412 valence electrons. The van der Waals surface area contributed by atoms with Gasteiger partial charge in [-0.05, 0) is 138 Å². The number of aliphatic hydroxyl groups is 2. The van der Waals surface area contributed by atoms with Gasteiger partial charge in [0.25, 0.3) is 20.0 Å². The van der Waals surface area contributed by atoms with E-state index in [1.165, 1.54) is 76.8 Å². The van der Waals surface area contributed by atoms with Crippen LogP contribution in [-0.4, -0.2) is 148 Å². The van der Waals surface area contributed by atoms with E-state index in [9.17, 15) is 43.9 Å². The molecule has 0 spiro atoms. The molecule has 0 aliphatic carbocycles. The third kappa shape index (κ3) is 13.4. The van der Waals surface area contributed by atoms with Crippen molar-refractivity contribution in [3.8, 4) is 0 Å². The molecule has 8 rings (SSSR count). The molecule has 76 heavy (non-hydrogen) atoms. The molecule has 2 saturated heterocycles. The van der Waals surface area contributed by atoms with Gasteiger partial charge in [-0.3, -0.25) is 9.97 Å². The number of anilines is 2. The fourth-order valence-corrected chi connectivity index (χ4v) is 17.6. The molecule has 0 bridgehead atoms. The van der Waals surface area contributed by atoms with Crippen LogP contribution in [0.15, 0.2) is 151 Å². The molecule has 0 saturated carbocycles. The van der Waals surface area contributed by atoms with Crippen LogP contribution in [0.5, 0.6) is 0 Å². The number of nitrogens with zero attached hydrogens (tertiary/aromatic N) is 8. The van der Waals surface area contributed by atoms with Crippen LogP contribution >= 0.6 is 22.7 Å². The van der Waals surface area contributed by atoms with Crippen LogP contribution in [-0.2, 0) is 51.3 Å². The van der Waals surface area contributed by atoms with Crippen molar-refractivity contribution in [1.29, 1.82) is 0 Å². The van der Waals surface area contributed by atoms with Gasteiger partial charge in [-0.2, -0.15) is 17.2 Å². The van der Waals surface area contributed by atoms with Gasteiger partial charge in [-0.15, -0.1) is 22.7 Å². The Morgan fingerprint density at radius 3 is 1.17 bits per heavy atom. The first-order chi connectivity index (χ1) is 35.6. The number of hydrogen-bond donors (Lipinski definition) is 2. The number of pyridine rings is 2. The topological polar surface area (TPSA) is 222 Å². The Labute approximate surface area is 457 Å². The number of thiophene rings is 2. The highest BCUT2D eigenvalue weighted by Crippen LogP contribution is 2.33. The fraction of sp³-hybridized carbons (Fsp3) is 0.423. The molecule has 2 N–H and O–H groups in total. The molecule has 2 fully saturated rings. The van der Waals surface area contributed by atoms with Gasteiger partial charge in [-0.1, -0.05) is 36.4 Å². The van der Waals surface area contributed by atoms with Gasteiger partial charge in [0.05, 0.1) is 23.3 Å². The molecular weight excluding hydrogens is 1090 g/mol. The quantitative estimate of drug-likeness (QED) is 0.0915. The van der Waals surface area contributed by atoms with Crippen LogP contribution in [0, 0.1) is 0 Å². The normalized spacial score (nSPS) is 17.9. The first-order valence-electron chi connectivity index (χ1n) is 24.7. The molecule has 0 unspecified atom stereocenters. The predicted octanol–water partition coefficient (Wildman–Crippen LogP) is 6.70. The lowest BCUT2D eigenvalue weighted by atomic mass is 9.98. The lowest BCUT2D eigenvalue weighted by Gasteiger charge is -2.44. The first-order valence-corrected chi connectivity index (χ1v) is 32.3. The maximum absolute atomic E-state index is 13.6. The second-order valence-corrected chi connectivity index (χ2v) is 30.2. The third-order valence-corrected chi connectivity index (χ3v) is 23.8. The summed E-state index contributed by atoms with van der Waals surface area (Å²) in [7, 11) is -15.2. The molecule has 2 aliphatic rings. The minimum absolute atomic E-state index is 0.0819. The number of hydrogen-bond acceptors (Lipinski definition) is 16. The Morgan fingerprint density at radius 1 is 0.539 bits per heavy atom. The van der Waals surface area contributed by atoms with Gasteiger partial charge < -0.3 is 20.0 Å². The van der Waals surface area contributed by atoms with Crippen molar-refractivity contribution in [2.75, 3.05) is 62.2 Å². The van der Waals surface area contributed by atoms with Crippen LogP contribution < -0.4 is 9.80 Å². The summed E-state index contributed by atoms with van der Waals surface area (Å²) in [5, 5.41) is 24.2. The molecule has 2 aliphatic heterocycles. The Balaban J connectivity index is 0.000000221. The SMILES string of the molecule is CC(C)N(C[C@H]1CN(S(=O)(=O)c2cccs2)CCN1c1ccc(C(C)(C)O)cc1)S(=O)(=O)c1cccnc1.CC(C)N(C[C@H]1CN(S(=O)(=O)c2cccs2)CCN1c1ccc(C(C)(C)O)cc1)S(=O)(=O)c1cccnc1. The average molecular weight is 1160 g/mol. The maximum atomic E-state index is 13.6. The number of aromatic nitrogens is 2. The summed E-state index contributed by atoms with van der Waals surface area (Å²) in [6.45, 7) is 15.8. The molecule has 6 heterocycles. The summed E-state index contributed by atoms with van der Waals surface area (Å²) in [6, 6.07) is 26.0. The van der Waals surface area contributed by atoms with E-state index in [-0.39, 0.29) is 69.6 Å². The van der Waals surface area contributed by atoms with Gasteiger partial charge in [-0.25, -0.2) is 33.7 Å². The van der Waals surface area contributed by atoms with Crippen molar-refractivity contribution in [2.45, 2.75) is 109 Å². The Hall–Kier alpha value is -4.70.